The van der Waals surface area contributed by atoms with Crippen molar-refractivity contribution in [2.24, 2.45) is 0 Å². The minimum atomic E-state index is -0.206. The third-order valence-corrected chi connectivity index (χ3v) is 5.43. The normalized spacial score (nSPS) is 11.4. The van der Waals surface area contributed by atoms with Crippen molar-refractivity contribution in [1.29, 1.82) is 0 Å². The second-order valence-electron chi connectivity index (χ2n) is 7.72. The Morgan fingerprint density at radius 3 is 1.96 bits per heavy atom. The van der Waals surface area contributed by atoms with Crippen LogP contribution in [0.1, 0.15) is 90.5 Å². The topological polar surface area (TPSA) is 29.5 Å². The molecule has 1 rings (SSSR count). The predicted molar refractivity (Wildman–Crippen MR) is 110 cm³/mol. The van der Waals surface area contributed by atoms with Crippen LogP contribution >= 0.6 is 0 Å². The van der Waals surface area contributed by atoms with Gasteiger partial charge in [0.1, 0.15) is 6.61 Å². The lowest BCUT2D eigenvalue weighted by molar-refractivity contribution is 0.0557. The molecule has 0 unspecified atom stereocenters. The standard InChI is InChI=1S/C23H39NO2/c1-5-7-9-14-18-23(3,19-15-10-8-6-2)24(4)22(25)26-20-21-16-12-11-13-17-21/h11-13,16-17H,5-10,14-15,18-20H2,1-4H3. The van der Waals surface area contributed by atoms with E-state index in [1.54, 1.807) is 0 Å². The van der Waals surface area contributed by atoms with E-state index in [0.717, 1.165) is 18.4 Å². The van der Waals surface area contributed by atoms with E-state index in [0.29, 0.717) is 6.61 Å². The smallest absolute Gasteiger partial charge is 0.410 e. The van der Waals surface area contributed by atoms with Gasteiger partial charge in [0.25, 0.3) is 0 Å². The summed E-state index contributed by atoms with van der Waals surface area (Å²) in [6.07, 6.45) is 11.8. The van der Waals surface area contributed by atoms with E-state index in [2.05, 4.69) is 20.8 Å². The van der Waals surface area contributed by atoms with Crippen molar-refractivity contribution in [1.82, 2.24) is 4.90 Å². The molecule has 0 saturated carbocycles. The minimum absolute atomic E-state index is 0.116. The largest absolute Gasteiger partial charge is 0.445 e. The summed E-state index contributed by atoms with van der Waals surface area (Å²) >= 11 is 0. The third kappa shape index (κ3) is 8.25. The van der Waals surface area contributed by atoms with Gasteiger partial charge in [0.2, 0.25) is 0 Å². The summed E-state index contributed by atoms with van der Waals surface area (Å²) in [6, 6.07) is 9.89. The van der Waals surface area contributed by atoms with Gasteiger partial charge < -0.3 is 9.64 Å². The highest BCUT2D eigenvalue weighted by Gasteiger charge is 2.32. The number of benzene rings is 1. The van der Waals surface area contributed by atoms with Crippen LogP contribution in [-0.4, -0.2) is 23.6 Å². The molecule has 0 heterocycles. The van der Waals surface area contributed by atoms with Crippen LogP contribution in [0.25, 0.3) is 0 Å². The van der Waals surface area contributed by atoms with E-state index < -0.39 is 0 Å². The lowest BCUT2D eigenvalue weighted by Crippen LogP contribution is -2.47. The molecule has 26 heavy (non-hydrogen) atoms. The van der Waals surface area contributed by atoms with Gasteiger partial charge >= 0.3 is 6.09 Å². The molecule has 0 bridgehead atoms. The van der Waals surface area contributed by atoms with Gasteiger partial charge in [-0.1, -0.05) is 95.5 Å². The van der Waals surface area contributed by atoms with Crippen LogP contribution in [0.15, 0.2) is 30.3 Å². The maximum absolute atomic E-state index is 12.6. The number of unbranched alkanes of at least 4 members (excludes halogenated alkanes) is 6. The number of rotatable bonds is 13. The van der Waals surface area contributed by atoms with Crippen LogP contribution in [0.3, 0.4) is 0 Å². The quantitative estimate of drug-likeness (QED) is 0.356. The summed E-state index contributed by atoms with van der Waals surface area (Å²) in [5.74, 6) is 0. The Morgan fingerprint density at radius 2 is 1.46 bits per heavy atom. The maximum Gasteiger partial charge on any atom is 0.410 e. The van der Waals surface area contributed by atoms with Crippen molar-refractivity contribution in [3.63, 3.8) is 0 Å². The van der Waals surface area contributed by atoms with Crippen molar-refractivity contribution >= 4 is 6.09 Å². The third-order valence-electron chi connectivity index (χ3n) is 5.43. The SMILES string of the molecule is CCCCCCC(C)(CCCCCC)N(C)C(=O)OCc1ccccc1. The summed E-state index contributed by atoms with van der Waals surface area (Å²) in [6.45, 7) is 7.04. The van der Waals surface area contributed by atoms with Crippen molar-refractivity contribution in [3.05, 3.63) is 35.9 Å². The number of hydrogen-bond acceptors (Lipinski definition) is 2. The first-order chi connectivity index (χ1) is 12.5. The number of carbonyl (C=O) groups is 1. The zero-order chi connectivity index (χ0) is 19.3. The van der Waals surface area contributed by atoms with Gasteiger partial charge in [-0.15, -0.1) is 0 Å². The molecular weight excluding hydrogens is 322 g/mol. The molecular formula is C23H39NO2. The van der Waals surface area contributed by atoms with Crippen molar-refractivity contribution in [2.45, 2.75) is 97.1 Å². The Kier molecular flexibility index (Phi) is 11.1. The molecule has 0 aliphatic rings. The van der Waals surface area contributed by atoms with Gasteiger partial charge in [-0.25, -0.2) is 4.79 Å². The van der Waals surface area contributed by atoms with Crippen LogP contribution < -0.4 is 0 Å². The molecule has 0 saturated heterocycles. The number of carbonyl (C=O) groups excluding carboxylic acids is 1. The number of amides is 1. The predicted octanol–water partition coefficient (Wildman–Crippen LogP) is 6.95. The Bertz CT molecular complexity index is 474. The first-order valence-electron chi connectivity index (χ1n) is 10.5. The van der Waals surface area contributed by atoms with Gasteiger partial charge in [0, 0.05) is 12.6 Å². The van der Waals surface area contributed by atoms with E-state index in [1.807, 2.05) is 42.3 Å². The molecule has 0 aliphatic carbocycles. The van der Waals surface area contributed by atoms with Gasteiger partial charge in [-0.2, -0.15) is 0 Å². The molecule has 3 nitrogen and oxygen atoms in total. The van der Waals surface area contributed by atoms with Crippen LogP contribution in [0.4, 0.5) is 4.79 Å². The summed E-state index contributed by atoms with van der Waals surface area (Å²) < 4.78 is 5.58. The van der Waals surface area contributed by atoms with E-state index in [1.165, 1.54) is 51.4 Å². The molecule has 1 aromatic carbocycles. The van der Waals surface area contributed by atoms with Gasteiger partial charge in [0.05, 0.1) is 0 Å². The first-order valence-corrected chi connectivity index (χ1v) is 10.5. The van der Waals surface area contributed by atoms with E-state index in [4.69, 9.17) is 4.74 Å². The monoisotopic (exact) mass is 361 g/mol. The molecule has 0 aromatic heterocycles. The van der Waals surface area contributed by atoms with Crippen molar-refractivity contribution in [3.8, 4) is 0 Å². The van der Waals surface area contributed by atoms with Crippen molar-refractivity contribution in [2.75, 3.05) is 7.05 Å². The van der Waals surface area contributed by atoms with Crippen LogP contribution in [0, 0.1) is 0 Å². The molecule has 0 aliphatic heterocycles. The average molecular weight is 362 g/mol. The fourth-order valence-electron chi connectivity index (χ4n) is 3.36. The van der Waals surface area contributed by atoms with Crippen LogP contribution in [0.5, 0.6) is 0 Å². The number of hydrogen-bond donors (Lipinski definition) is 0. The molecule has 3 heteroatoms. The molecule has 1 aromatic rings. The van der Waals surface area contributed by atoms with Crippen molar-refractivity contribution < 1.29 is 9.53 Å². The second kappa shape index (κ2) is 12.8. The van der Waals surface area contributed by atoms with Gasteiger partial charge in [0.15, 0.2) is 0 Å². The molecule has 148 valence electrons. The maximum atomic E-state index is 12.6. The fourth-order valence-corrected chi connectivity index (χ4v) is 3.36. The lowest BCUT2D eigenvalue weighted by atomic mass is 9.87. The number of nitrogens with zero attached hydrogens (tertiary/aromatic N) is 1. The summed E-state index contributed by atoms with van der Waals surface area (Å²) in [5, 5.41) is 0. The highest BCUT2D eigenvalue weighted by molar-refractivity contribution is 5.68. The summed E-state index contributed by atoms with van der Waals surface area (Å²) in [5.41, 5.74) is 0.914. The fraction of sp³-hybridized carbons (Fsp3) is 0.696. The van der Waals surface area contributed by atoms with E-state index in [-0.39, 0.29) is 11.6 Å². The molecule has 0 fully saturated rings. The zero-order valence-corrected chi connectivity index (χ0v) is 17.4. The molecule has 0 atom stereocenters. The zero-order valence-electron chi connectivity index (χ0n) is 17.4. The molecule has 0 radical (unpaired) electrons. The molecule has 0 spiro atoms. The first kappa shape index (κ1) is 22.5. The lowest BCUT2D eigenvalue weighted by Gasteiger charge is -2.39. The van der Waals surface area contributed by atoms with Crippen LogP contribution in [0.2, 0.25) is 0 Å². The highest BCUT2D eigenvalue weighted by atomic mass is 16.6. The summed E-state index contributed by atoms with van der Waals surface area (Å²) in [4.78, 5) is 14.5. The minimum Gasteiger partial charge on any atom is -0.445 e. The number of ether oxygens (including phenoxy) is 1. The average Bonchev–Trinajstić information content (AvgIpc) is 2.67. The van der Waals surface area contributed by atoms with E-state index in [9.17, 15) is 4.79 Å². The Labute approximate surface area is 161 Å². The Hall–Kier alpha value is -1.51. The Balaban J connectivity index is 2.61. The van der Waals surface area contributed by atoms with Gasteiger partial charge in [-0.05, 0) is 25.3 Å². The summed E-state index contributed by atoms with van der Waals surface area (Å²) in [7, 11) is 1.91. The second-order valence-corrected chi connectivity index (χ2v) is 7.72. The molecule has 0 N–H and O–H groups in total. The van der Waals surface area contributed by atoms with Crippen LogP contribution in [-0.2, 0) is 11.3 Å². The van der Waals surface area contributed by atoms with E-state index >= 15 is 0 Å². The van der Waals surface area contributed by atoms with Gasteiger partial charge in [-0.3, -0.25) is 0 Å². The molecule has 1 amide bonds. The highest BCUT2D eigenvalue weighted by Crippen LogP contribution is 2.29. The Morgan fingerprint density at radius 1 is 0.923 bits per heavy atom.